The molecule has 0 amide bonds. The standard InChI is InChI=1S/C15H31NO2/c1-12(2)10-18-11-15(17)9-16-13(3)14-7-5-4-6-8-14/h12-17H,4-11H2,1-3H3/t13-,15?/m0/s1. The van der Waals surface area contributed by atoms with Gasteiger partial charge in [-0.25, -0.2) is 0 Å². The molecule has 0 spiro atoms. The zero-order valence-corrected chi connectivity index (χ0v) is 12.3. The third-order valence-corrected chi connectivity index (χ3v) is 3.79. The lowest BCUT2D eigenvalue weighted by molar-refractivity contribution is 0.0240. The third-order valence-electron chi connectivity index (χ3n) is 3.79. The second-order valence-electron chi connectivity index (χ2n) is 6.18. The molecule has 3 nitrogen and oxygen atoms in total. The van der Waals surface area contributed by atoms with Gasteiger partial charge < -0.3 is 15.2 Å². The molecule has 108 valence electrons. The molecule has 0 saturated heterocycles. The van der Waals surface area contributed by atoms with Crippen molar-refractivity contribution in [2.75, 3.05) is 19.8 Å². The first kappa shape index (κ1) is 15.9. The van der Waals surface area contributed by atoms with E-state index in [2.05, 4.69) is 26.1 Å². The summed E-state index contributed by atoms with van der Waals surface area (Å²) in [6, 6.07) is 0.519. The monoisotopic (exact) mass is 257 g/mol. The highest BCUT2D eigenvalue weighted by Gasteiger charge is 2.20. The van der Waals surface area contributed by atoms with Crippen LogP contribution in [0.3, 0.4) is 0 Å². The number of aliphatic hydroxyl groups is 1. The highest BCUT2D eigenvalue weighted by Crippen LogP contribution is 2.26. The van der Waals surface area contributed by atoms with E-state index >= 15 is 0 Å². The molecule has 1 fully saturated rings. The first-order valence-corrected chi connectivity index (χ1v) is 7.58. The van der Waals surface area contributed by atoms with Gasteiger partial charge in [0.1, 0.15) is 0 Å². The third kappa shape index (κ3) is 6.72. The first-order valence-electron chi connectivity index (χ1n) is 7.58. The second kappa shape index (κ2) is 8.89. The van der Waals surface area contributed by atoms with E-state index in [0.717, 1.165) is 12.5 Å². The van der Waals surface area contributed by atoms with Crippen molar-refractivity contribution in [3.05, 3.63) is 0 Å². The van der Waals surface area contributed by atoms with Gasteiger partial charge in [0.05, 0.1) is 12.7 Å². The van der Waals surface area contributed by atoms with Crippen LogP contribution in [0.4, 0.5) is 0 Å². The maximum absolute atomic E-state index is 9.82. The van der Waals surface area contributed by atoms with Crippen molar-refractivity contribution in [2.24, 2.45) is 11.8 Å². The SMILES string of the molecule is CC(C)COCC(O)CN[C@@H](C)C1CCCCC1. The summed E-state index contributed by atoms with van der Waals surface area (Å²) < 4.78 is 5.44. The number of hydrogen-bond donors (Lipinski definition) is 2. The fraction of sp³-hybridized carbons (Fsp3) is 1.00. The summed E-state index contributed by atoms with van der Waals surface area (Å²) in [6.07, 6.45) is 6.44. The molecule has 1 unspecified atom stereocenters. The maximum atomic E-state index is 9.82. The minimum Gasteiger partial charge on any atom is -0.389 e. The fourth-order valence-electron chi connectivity index (χ4n) is 2.62. The molecule has 0 aromatic rings. The summed E-state index contributed by atoms with van der Waals surface area (Å²) in [7, 11) is 0. The van der Waals surface area contributed by atoms with E-state index in [1.165, 1.54) is 32.1 Å². The van der Waals surface area contributed by atoms with Crippen LogP contribution in [0.5, 0.6) is 0 Å². The van der Waals surface area contributed by atoms with Crippen molar-refractivity contribution < 1.29 is 9.84 Å². The number of ether oxygens (including phenoxy) is 1. The molecule has 1 aliphatic carbocycles. The Labute approximate surface area is 112 Å². The molecule has 3 heteroatoms. The molecule has 0 aliphatic heterocycles. The largest absolute Gasteiger partial charge is 0.389 e. The van der Waals surface area contributed by atoms with E-state index in [0.29, 0.717) is 25.1 Å². The van der Waals surface area contributed by atoms with Gasteiger partial charge in [-0.2, -0.15) is 0 Å². The average molecular weight is 257 g/mol. The topological polar surface area (TPSA) is 41.5 Å². The van der Waals surface area contributed by atoms with Gasteiger partial charge in [-0.1, -0.05) is 33.1 Å². The second-order valence-corrected chi connectivity index (χ2v) is 6.18. The Morgan fingerprint density at radius 2 is 1.78 bits per heavy atom. The van der Waals surface area contributed by atoms with E-state index in [4.69, 9.17) is 4.74 Å². The number of aliphatic hydroxyl groups excluding tert-OH is 1. The average Bonchev–Trinajstić information content (AvgIpc) is 2.36. The van der Waals surface area contributed by atoms with Gasteiger partial charge in [0.15, 0.2) is 0 Å². The van der Waals surface area contributed by atoms with Gasteiger partial charge in [-0.05, 0) is 31.6 Å². The Morgan fingerprint density at radius 3 is 2.39 bits per heavy atom. The molecule has 0 radical (unpaired) electrons. The van der Waals surface area contributed by atoms with Crippen LogP contribution >= 0.6 is 0 Å². The van der Waals surface area contributed by atoms with Crippen molar-refractivity contribution in [1.82, 2.24) is 5.32 Å². The smallest absolute Gasteiger partial charge is 0.0897 e. The Hall–Kier alpha value is -0.120. The van der Waals surface area contributed by atoms with Gasteiger partial charge in [0, 0.05) is 19.2 Å². The molecule has 0 aromatic heterocycles. The van der Waals surface area contributed by atoms with Crippen LogP contribution < -0.4 is 5.32 Å². The molecule has 0 aromatic carbocycles. The van der Waals surface area contributed by atoms with Crippen LogP contribution in [0.25, 0.3) is 0 Å². The summed E-state index contributed by atoms with van der Waals surface area (Å²) >= 11 is 0. The molecular formula is C15H31NO2. The zero-order chi connectivity index (χ0) is 13.4. The van der Waals surface area contributed by atoms with Crippen molar-refractivity contribution in [2.45, 2.75) is 65.0 Å². The molecule has 18 heavy (non-hydrogen) atoms. The molecule has 2 N–H and O–H groups in total. The van der Waals surface area contributed by atoms with Crippen molar-refractivity contribution in [1.29, 1.82) is 0 Å². The van der Waals surface area contributed by atoms with E-state index in [-0.39, 0.29) is 6.10 Å². The van der Waals surface area contributed by atoms with Crippen molar-refractivity contribution in [3.63, 3.8) is 0 Å². The number of rotatable bonds is 8. The Bertz CT molecular complexity index is 203. The summed E-state index contributed by atoms with van der Waals surface area (Å²) in [5, 5.41) is 13.3. The van der Waals surface area contributed by atoms with E-state index in [1.807, 2.05) is 0 Å². The Morgan fingerprint density at radius 1 is 1.11 bits per heavy atom. The molecule has 1 aliphatic rings. The lowest BCUT2D eigenvalue weighted by atomic mass is 9.84. The van der Waals surface area contributed by atoms with Crippen molar-refractivity contribution in [3.8, 4) is 0 Å². The number of hydrogen-bond acceptors (Lipinski definition) is 3. The first-order chi connectivity index (χ1) is 8.59. The zero-order valence-electron chi connectivity index (χ0n) is 12.3. The van der Waals surface area contributed by atoms with E-state index < -0.39 is 0 Å². The summed E-state index contributed by atoms with van der Waals surface area (Å²) in [5.41, 5.74) is 0. The van der Waals surface area contributed by atoms with Crippen LogP contribution in [-0.2, 0) is 4.74 Å². The van der Waals surface area contributed by atoms with Crippen LogP contribution in [0.15, 0.2) is 0 Å². The summed E-state index contributed by atoms with van der Waals surface area (Å²) in [6.45, 7) is 8.32. The van der Waals surface area contributed by atoms with Crippen molar-refractivity contribution >= 4 is 0 Å². The van der Waals surface area contributed by atoms with Crippen LogP contribution in [-0.4, -0.2) is 37.0 Å². The minimum atomic E-state index is -0.380. The van der Waals surface area contributed by atoms with Gasteiger partial charge in [-0.15, -0.1) is 0 Å². The summed E-state index contributed by atoms with van der Waals surface area (Å²) in [4.78, 5) is 0. The lowest BCUT2D eigenvalue weighted by Crippen LogP contribution is -2.40. The Kier molecular flexibility index (Phi) is 7.87. The molecule has 1 rings (SSSR count). The van der Waals surface area contributed by atoms with Crippen LogP contribution in [0.2, 0.25) is 0 Å². The van der Waals surface area contributed by atoms with E-state index in [9.17, 15) is 5.11 Å². The summed E-state index contributed by atoms with van der Waals surface area (Å²) in [5.74, 6) is 1.33. The van der Waals surface area contributed by atoms with Gasteiger partial charge in [0.2, 0.25) is 0 Å². The normalized spacial score (nSPS) is 21.2. The quantitative estimate of drug-likeness (QED) is 0.702. The number of nitrogens with one attached hydrogen (secondary N) is 1. The highest BCUT2D eigenvalue weighted by atomic mass is 16.5. The maximum Gasteiger partial charge on any atom is 0.0897 e. The molecule has 0 heterocycles. The molecular weight excluding hydrogens is 226 g/mol. The van der Waals surface area contributed by atoms with Gasteiger partial charge in [-0.3, -0.25) is 0 Å². The Balaban J connectivity index is 2.07. The predicted octanol–water partition coefficient (Wildman–Crippen LogP) is 2.58. The molecule has 0 bridgehead atoms. The fourth-order valence-corrected chi connectivity index (χ4v) is 2.62. The predicted molar refractivity (Wildman–Crippen MR) is 75.7 cm³/mol. The van der Waals surface area contributed by atoms with E-state index in [1.54, 1.807) is 0 Å². The minimum absolute atomic E-state index is 0.380. The highest BCUT2D eigenvalue weighted by molar-refractivity contribution is 4.76. The molecule has 2 atom stereocenters. The van der Waals surface area contributed by atoms with Crippen LogP contribution in [0.1, 0.15) is 52.9 Å². The lowest BCUT2D eigenvalue weighted by Gasteiger charge is -2.29. The molecule has 1 saturated carbocycles. The van der Waals surface area contributed by atoms with Gasteiger partial charge >= 0.3 is 0 Å². The van der Waals surface area contributed by atoms with Gasteiger partial charge in [0.25, 0.3) is 0 Å². The van der Waals surface area contributed by atoms with Crippen LogP contribution in [0, 0.1) is 11.8 Å².